The van der Waals surface area contributed by atoms with Crippen LogP contribution in [0.1, 0.15) is 22.3 Å². The third-order valence-corrected chi connectivity index (χ3v) is 6.71. The molecule has 0 aliphatic carbocycles. The number of nitrogens with one attached hydrogen (secondary N) is 3. The van der Waals surface area contributed by atoms with E-state index in [1.54, 1.807) is 29.2 Å². The van der Waals surface area contributed by atoms with Gasteiger partial charge in [-0.25, -0.2) is 9.78 Å². The monoisotopic (exact) mass is 527 g/mol. The molecule has 202 valence electrons. The van der Waals surface area contributed by atoms with Crippen LogP contribution in [0.15, 0.2) is 72.8 Å². The summed E-state index contributed by atoms with van der Waals surface area (Å²) in [4.78, 5) is 37.8. The summed E-state index contributed by atoms with van der Waals surface area (Å²) in [5, 5.41) is 5.75. The summed E-state index contributed by atoms with van der Waals surface area (Å²) in [7, 11) is 0. The van der Waals surface area contributed by atoms with Gasteiger partial charge in [-0.1, -0.05) is 36.4 Å². The molecule has 3 aromatic carbocycles. The number of imidazole rings is 1. The van der Waals surface area contributed by atoms with E-state index in [0.29, 0.717) is 36.0 Å². The first-order valence-corrected chi connectivity index (χ1v) is 13.1. The molecule has 2 heterocycles. The van der Waals surface area contributed by atoms with Gasteiger partial charge in [0.15, 0.2) is 0 Å². The van der Waals surface area contributed by atoms with Crippen LogP contribution in [0.2, 0.25) is 0 Å². The first-order chi connectivity index (χ1) is 19.0. The van der Waals surface area contributed by atoms with E-state index in [1.807, 2.05) is 48.5 Å². The van der Waals surface area contributed by atoms with E-state index in [2.05, 4.69) is 25.5 Å². The van der Waals surface area contributed by atoms with Crippen LogP contribution in [0.25, 0.3) is 11.0 Å². The molecule has 1 aliphatic rings. The number of fused-ring (bicyclic) bond motifs is 1. The van der Waals surface area contributed by atoms with Crippen LogP contribution in [0.4, 0.5) is 22.1 Å². The van der Waals surface area contributed by atoms with Crippen molar-refractivity contribution < 1.29 is 14.3 Å². The van der Waals surface area contributed by atoms with Crippen LogP contribution in [0.5, 0.6) is 0 Å². The second-order valence-electron chi connectivity index (χ2n) is 9.50. The number of para-hydroxylation sites is 4. The molecule has 0 atom stereocenters. The first kappa shape index (κ1) is 26.2. The zero-order valence-electron chi connectivity index (χ0n) is 21.7. The molecule has 0 saturated carbocycles. The molecule has 1 aliphatic heterocycles. The number of hydrogen-bond donors (Lipinski definition) is 4. The van der Waals surface area contributed by atoms with Crippen LogP contribution in [-0.4, -0.2) is 71.1 Å². The largest absolute Gasteiger partial charge is 0.397 e. The number of carbonyl (C=O) groups is 2. The average Bonchev–Trinajstić information content (AvgIpc) is 3.37. The summed E-state index contributed by atoms with van der Waals surface area (Å²) >= 11 is 0. The van der Waals surface area contributed by atoms with Crippen LogP contribution < -0.4 is 16.4 Å². The van der Waals surface area contributed by atoms with Gasteiger partial charge in [0, 0.05) is 38.3 Å². The number of benzene rings is 3. The van der Waals surface area contributed by atoms with Gasteiger partial charge in [0.2, 0.25) is 5.95 Å². The normalized spacial score (nSPS) is 13.7. The molecular formula is C29H33N7O3. The number of ether oxygens (including phenoxy) is 1. The number of rotatable bonds is 9. The lowest BCUT2D eigenvalue weighted by molar-refractivity contribution is 0.0365. The topological polar surface area (TPSA) is 129 Å². The third-order valence-electron chi connectivity index (χ3n) is 6.71. The fourth-order valence-electron chi connectivity index (χ4n) is 4.54. The predicted octanol–water partition coefficient (Wildman–Crippen LogP) is 4.15. The minimum atomic E-state index is -0.246. The van der Waals surface area contributed by atoms with E-state index in [0.717, 1.165) is 55.9 Å². The number of nitrogens with two attached hydrogens (primary N) is 1. The first-order valence-electron chi connectivity index (χ1n) is 13.1. The van der Waals surface area contributed by atoms with Crippen molar-refractivity contribution in [1.82, 2.24) is 19.8 Å². The van der Waals surface area contributed by atoms with Crippen molar-refractivity contribution in [3.63, 3.8) is 0 Å². The van der Waals surface area contributed by atoms with Crippen molar-refractivity contribution in [1.29, 1.82) is 0 Å². The van der Waals surface area contributed by atoms with E-state index >= 15 is 0 Å². The fourth-order valence-corrected chi connectivity index (χ4v) is 4.54. The van der Waals surface area contributed by atoms with Gasteiger partial charge in [0.1, 0.15) is 0 Å². The number of urea groups is 1. The van der Waals surface area contributed by atoms with Crippen molar-refractivity contribution in [2.24, 2.45) is 0 Å². The highest BCUT2D eigenvalue weighted by Gasteiger charge is 2.18. The van der Waals surface area contributed by atoms with Gasteiger partial charge in [-0.3, -0.25) is 15.0 Å². The van der Waals surface area contributed by atoms with Gasteiger partial charge in [-0.15, -0.1) is 0 Å². The molecule has 4 aromatic rings. The number of H-pyrrole nitrogens is 1. The smallest absolute Gasteiger partial charge is 0.324 e. The fraction of sp³-hybridized carbons (Fsp3) is 0.276. The number of hydrogen-bond acceptors (Lipinski definition) is 6. The second kappa shape index (κ2) is 12.4. The molecule has 1 aromatic heterocycles. The second-order valence-corrected chi connectivity index (χ2v) is 9.50. The highest BCUT2D eigenvalue weighted by Crippen LogP contribution is 2.19. The molecule has 39 heavy (non-hydrogen) atoms. The summed E-state index contributed by atoms with van der Waals surface area (Å²) in [6.07, 6.45) is 0.826. The van der Waals surface area contributed by atoms with E-state index in [1.165, 1.54) is 0 Å². The predicted molar refractivity (Wildman–Crippen MR) is 153 cm³/mol. The standard InChI is InChI=1S/C29H33N7O3/c30-23-6-1-2-7-24(23)31-27(37)22-12-10-21(11-13-22)20-36(15-5-14-35-16-18-39-19-17-35)29(38)34-28-32-25-8-3-4-9-26(25)33-28/h1-4,6-13H,5,14-20,30H2,(H,31,37)(H2,32,33,34,38). The van der Waals surface area contributed by atoms with Crippen molar-refractivity contribution >= 4 is 40.3 Å². The zero-order chi connectivity index (χ0) is 27.0. The minimum absolute atomic E-state index is 0.239. The van der Waals surface area contributed by atoms with E-state index < -0.39 is 0 Å². The number of anilines is 3. The molecule has 10 heteroatoms. The Morgan fingerprint density at radius 2 is 1.72 bits per heavy atom. The van der Waals surface area contributed by atoms with Gasteiger partial charge >= 0.3 is 6.03 Å². The lowest BCUT2D eigenvalue weighted by atomic mass is 10.1. The van der Waals surface area contributed by atoms with E-state index in [-0.39, 0.29) is 11.9 Å². The summed E-state index contributed by atoms with van der Waals surface area (Å²) in [5.41, 5.74) is 10.1. The molecule has 1 saturated heterocycles. The molecule has 3 amide bonds. The molecule has 5 rings (SSSR count). The Morgan fingerprint density at radius 1 is 0.974 bits per heavy atom. The zero-order valence-corrected chi connectivity index (χ0v) is 21.7. The molecule has 0 radical (unpaired) electrons. The van der Waals surface area contributed by atoms with Gasteiger partial charge in [-0.2, -0.15) is 0 Å². The summed E-state index contributed by atoms with van der Waals surface area (Å²) in [5.74, 6) is 0.163. The Kier molecular flexibility index (Phi) is 8.35. The minimum Gasteiger partial charge on any atom is -0.397 e. The van der Waals surface area contributed by atoms with Crippen molar-refractivity contribution in [3.05, 3.63) is 83.9 Å². The van der Waals surface area contributed by atoms with E-state index in [9.17, 15) is 9.59 Å². The summed E-state index contributed by atoms with van der Waals surface area (Å²) in [6.45, 7) is 5.15. The molecule has 0 spiro atoms. The lowest BCUT2D eigenvalue weighted by Crippen LogP contribution is -2.40. The molecule has 0 bridgehead atoms. The molecule has 1 fully saturated rings. The van der Waals surface area contributed by atoms with Gasteiger partial charge in [-0.05, 0) is 48.4 Å². The maximum Gasteiger partial charge on any atom is 0.324 e. The molecule has 10 nitrogen and oxygen atoms in total. The third kappa shape index (κ3) is 6.92. The number of aromatic amines is 1. The Bertz CT molecular complexity index is 1380. The van der Waals surface area contributed by atoms with Crippen LogP contribution in [0, 0.1) is 0 Å². The quantitative estimate of drug-likeness (QED) is 0.242. The van der Waals surface area contributed by atoms with Crippen LogP contribution >= 0.6 is 0 Å². The Morgan fingerprint density at radius 3 is 2.49 bits per heavy atom. The SMILES string of the molecule is Nc1ccccc1NC(=O)c1ccc(CN(CCCN2CCOCC2)C(=O)Nc2nc3ccccc3[nH]2)cc1. The Hall–Kier alpha value is -4.41. The van der Waals surface area contributed by atoms with Crippen molar-refractivity contribution in [3.8, 4) is 0 Å². The van der Waals surface area contributed by atoms with Gasteiger partial charge in [0.25, 0.3) is 5.91 Å². The molecule has 0 unspecified atom stereocenters. The average molecular weight is 528 g/mol. The van der Waals surface area contributed by atoms with Gasteiger partial charge in [0.05, 0.1) is 35.6 Å². The molecule has 5 N–H and O–H groups in total. The van der Waals surface area contributed by atoms with Crippen molar-refractivity contribution in [2.45, 2.75) is 13.0 Å². The number of nitrogens with zero attached hydrogens (tertiary/aromatic N) is 3. The number of amides is 3. The summed E-state index contributed by atoms with van der Waals surface area (Å²) < 4.78 is 5.44. The van der Waals surface area contributed by atoms with Crippen molar-refractivity contribution in [2.75, 3.05) is 55.8 Å². The maximum absolute atomic E-state index is 13.3. The number of morpholine rings is 1. The van der Waals surface area contributed by atoms with Crippen LogP contribution in [-0.2, 0) is 11.3 Å². The molecular weight excluding hydrogens is 494 g/mol. The Labute approximate surface area is 227 Å². The highest BCUT2D eigenvalue weighted by atomic mass is 16.5. The van der Waals surface area contributed by atoms with E-state index in [4.69, 9.17) is 10.5 Å². The number of carbonyl (C=O) groups excluding carboxylic acids is 2. The number of aromatic nitrogens is 2. The number of nitrogen functional groups attached to an aromatic ring is 1. The summed E-state index contributed by atoms with van der Waals surface area (Å²) in [6, 6.07) is 21.8. The maximum atomic E-state index is 13.3. The lowest BCUT2D eigenvalue weighted by Gasteiger charge is -2.28. The van der Waals surface area contributed by atoms with Crippen LogP contribution in [0.3, 0.4) is 0 Å². The highest BCUT2D eigenvalue weighted by molar-refractivity contribution is 6.05. The van der Waals surface area contributed by atoms with Gasteiger partial charge < -0.3 is 25.7 Å². The Balaban J connectivity index is 1.25.